The van der Waals surface area contributed by atoms with Crippen molar-refractivity contribution >= 4 is 28.9 Å². The summed E-state index contributed by atoms with van der Waals surface area (Å²) in [6.45, 7) is 1.60. The molecule has 0 saturated carbocycles. The Morgan fingerprint density at radius 1 is 1.48 bits per heavy atom. The first kappa shape index (κ1) is 15.0. The van der Waals surface area contributed by atoms with E-state index >= 15 is 0 Å². The number of nitrogens with zero attached hydrogens (tertiary/aromatic N) is 1. The Labute approximate surface area is 127 Å². The summed E-state index contributed by atoms with van der Waals surface area (Å²) >= 11 is 4.64. The number of aliphatic hydroxyl groups is 1. The van der Waals surface area contributed by atoms with Gasteiger partial charge < -0.3 is 16.2 Å². The minimum absolute atomic E-state index is 0.00585. The average Bonchev–Trinajstić information content (AvgIpc) is 2.72. The summed E-state index contributed by atoms with van der Waals surface area (Å²) in [5.74, 6) is -0.380. The molecule has 1 heterocycles. The molecule has 0 radical (unpaired) electrons. The second-order valence-electron chi connectivity index (χ2n) is 4.65. The molecule has 0 bridgehead atoms. The first-order chi connectivity index (χ1) is 9.99. The van der Waals surface area contributed by atoms with E-state index in [0.717, 1.165) is 5.56 Å². The standard InChI is InChI=1S/C14H16N4O2S/c1-8(17-18-14(15)21)11-12(19)10(16-13(11)20)7-9-5-3-2-4-6-9/h2-6,10,19H,7H2,1H3,(H,16,20)(H3,15,18,21)/b17-8+. The predicted molar refractivity (Wildman–Crippen MR) is 84.8 cm³/mol. The van der Waals surface area contributed by atoms with Gasteiger partial charge in [-0.1, -0.05) is 30.3 Å². The third-order valence-corrected chi connectivity index (χ3v) is 3.19. The Morgan fingerprint density at radius 3 is 2.76 bits per heavy atom. The van der Waals surface area contributed by atoms with Gasteiger partial charge in [0.25, 0.3) is 5.91 Å². The number of thiocarbonyl (C=S) groups is 1. The maximum absolute atomic E-state index is 12.0. The summed E-state index contributed by atoms with van der Waals surface area (Å²) < 4.78 is 0. The monoisotopic (exact) mass is 304 g/mol. The van der Waals surface area contributed by atoms with Gasteiger partial charge in [0.2, 0.25) is 0 Å². The molecule has 110 valence electrons. The van der Waals surface area contributed by atoms with Gasteiger partial charge in [0, 0.05) is 0 Å². The molecule has 1 atom stereocenters. The van der Waals surface area contributed by atoms with Crippen LogP contribution in [0.2, 0.25) is 0 Å². The largest absolute Gasteiger partial charge is 0.509 e. The first-order valence-corrected chi connectivity index (χ1v) is 6.78. The number of rotatable bonds is 4. The third-order valence-electron chi connectivity index (χ3n) is 3.10. The third kappa shape index (κ3) is 3.57. The molecule has 0 fully saturated rings. The number of carbonyl (C=O) groups is 1. The molecule has 1 aliphatic heterocycles. The Kier molecular flexibility index (Phi) is 4.54. The van der Waals surface area contributed by atoms with Crippen LogP contribution in [0.1, 0.15) is 12.5 Å². The van der Waals surface area contributed by atoms with Crippen LogP contribution < -0.4 is 16.5 Å². The van der Waals surface area contributed by atoms with Crippen LogP contribution in [0.25, 0.3) is 0 Å². The molecule has 1 aliphatic rings. The summed E-state index contributed by atoms with van der Waals surface area (Å²) in [5.41, 5.74) is 9.17. The van der Waals surface area contributed by atoms with Gasteiger partial charge in [0.1, 0.15) is 11.3 Å². The predicted octanol–water partition coefficient (Wildman–Crippen LogP) is 0.749. The van der Waals surface area contributed by atoms with E-state index in [-0.39, 0.29) is 22.4 Å². The van der Waals surface area contributed by atoms with E-state index in [4.69, 9.17) is 5.73 Å². The SMILES string of the molecule is C/C(=N\NC(N)=S)C1=C(O)C(Cc2ccccc2)NC1=O. The maximum Gasteiger partial charge on any atom is 0.257 e. The van der Waals surface area contributed by atoms with Crippen molar-refractivity contribution in [1.82, 2.24) is 10.7 Å². The molecule has 1 amide bonds. The van der Waals surface area contributed by atoms with Crippen molar-refractivity contribution in [2.24, 2.45) is 10.8 Å². The number of nitrogens with two attached hydrogens (primary N) is 1. The first-order valence-electron chi connectivity index (χ1n) is 6.37. The smallest absolute Gasteiger partial charge is 0.257 e. The highest BCUT2D eigenvalue weighted by atomic mass is 32.1. The van der Waals surface area contributed by atoms with Crippen LogP contribution in [0, 0.1) is 0 Å². The summed E-state index contributed by atoms with van der Waals surface area (Å²) in [6, 6.07) is 9.15. The van der Waals surface area contributed by atoms with Crippen molar-refractivity contribution in [2.45, 2.75) is 19.4 Å². The van der Waals surface area contributed by atoms with Gasteiger partial charge in [-0.3, -0.25) is 10.2 Å². The Balaban J connectivity index is 2.19. The molecule has 7 heteroatoms. The zero-order chi connectivity index (χ0) is 15.4. The average molecular weight is 304 g/mol. The van der Waals surface area contributed by atoms with Crippen molar-refractivity contribution in [2.75, 3.05) is 0 Å². The van der Waals surface area contributed by atoms with Crippen molar-refractivity contribution in [1.29, 1.82) is 0 Å². The van der Waals surface area contributed by atoms with E-state index in [1.54, 1.807) is 6.92 Å². The van der Waals surface area contributed by atoms with Crippen LogP contribution in [-0.2, 0) is 11.2 Å². The van der Waals surface area contributed by atoms with Crippen molar-refractivity contribution in [3.8, 4) is 0 Å². The Bertz CT molecular complexity index is 625. The van der Waals surface area contributed by atoms with Crippen molar-refractivity contribution in [3.05, 3.63) is 47.2 Å². The second-order valence-corrected chi connectivity index (χ2v) is 5.09. The molecule has 1 unspecified atom stereocenters. The number of amides is 1. The number of hydrogen-bond donors (Lipinski definition) is 4. The lowest BCUT2D eigenvalue weighted by Gasteiger charge is -2.10. The minimum Gasteiger partial charge on any atom is -0.509 e. The quantitative estimate of drug-likeness (QED) is 0.374. The summed E-state index contributed by atoms with van der Waals surface area (Å²) in [5, 5.41) is 16.8. The fourth-order valence-corrected chi connectivity index (χ4v) is 2.18. The lowest BCUT2D eigenvalue weighted by molar-refractivity contribution is -0.116. The molecular weight excluding hydrogens is 288 g/mol. The second kappa shape index (κ2) is 6.36. The maximum atomic E-state index is 12.0. The topological polar surface area (TPSA) is 99.7 Å². The van der Waals surface area contributed by atoms with E-state index in [1.165, 1.54) is 0 Å². The summed E-state index contributed by atoms with van der Waals surface area (Å²) in [6.07, 6.45) is 0.512. The van der Waals surface area contributed by atoms with E-state index < -0.39 is 6.04 Å². The Morgan fingerprint density at radius 2 is 2.14 bits per heavy atom. The van der Waals surface area contributed by atoms with E-state index in [1.807, 2.05) is 30.3 Å². The van der Waals surface area contributed by atoms with Crippen LogP contribution in [0.15, 0.2) is 46.8 Å². The van der Waals surface area contributed by atoms with Gasteiger partial charge in [-0.2, -0.15) is 5.10 Å². The molecular formula is C14H16N4O2S. The van der Waals surface area contributed by atoms with Crippen molar-refractivity contribution < 1.29 is 9.90 Å². The van der Waals surface area contributed by atoms with Gasteiger partial charge in [-0.25, -0.2) is 0 Å². The molecule has 6 nitrogen and oxygen atoms in total. The zero-order valence-corrected chi connectivity index (χ0v) is 12.3. The highest BCUT2D eigenvalue weighted by Gasteiger charge is 2.33. The van der Waals surface area contributed by atoms with Gasteiger partial charge in [0.15, 0.2) is 5.11 Å². The van der Waals surface area contributed by atoms with Gasteiger partial charge >= 0.3 is 0 Å². The molecule has 1 aromatic rings. The molecule has 21 heavy (non-hydrogen) atoms. The van der Waals surface area contributed by atoms with Crippen LogP contribution in [0.5, 0.6) is 0 Å². The zero-order valence-electron chi connectivity index (χ0n) is 11.5. The van der Waals surface area contributed by atoms with Gasteiger partial charge in [0.05, 0.1) is 11.8 Å². The van der Waals surface area contributed by atoms with E-state index in [0.29, 0.717) is 12.1 Å². The Hall–Kier alpha value is -2.41. The fourth-order valence-electron chi connectivity index (χ4n) is 2.13. The highest BCUT2D eigenvalue weighted by Crippen LogP contribution is 2.19. The van der Waals surface area contributed by atoms with Crippen molar-refractivity contribution in [3.63, 3.8) is 0 Å². The molecule has 0 aliphatic carbocycles. The molecule has 5 N–H and O–H groups in total. The number of hydrazone groups is 1. The molecule has 0 spiro atoms. The number of carbonyl (C=O) groups excluding carboxylic acids is 1. The molecule has 1 aromatic carbocycles. The number of aliphatic hydroxyl groups excluding tert-OH is 1. The molecule has 0 aromatic heterocycles. The lowest BCUT2D eigenvalue weighted by Crippen LogP contribution is -2.31. The van der Waals surface area contributed by atoms with E-state index in [2.05, 4.69) is 28.1 Å². The minimum atomic E-state index is -0.454. The number of hydrogen-bond acceptors (Lipinski definition) is 4. The molecule has 2 rings (SSSR count). The highest BCUT2D eigenvalue weighted by molar-refractivity contribution is 7.80. The summed E-state index contributed by atoms with van der Waals surface area (Å²) in [4.78, 5) is 12.0. The van der Waals surface area contributed by atoms with Gasteiger partial charge in [-0.15, -0.1) is 0 Å². The van der Waals surface area contributed by atoms with Crippen LogP contribution in [-0.4, -0.2) is 27.9 Å². The lowest BCUT2D eigenvalue weighted by atomic mass is 10.0. The summed E-state index contributed by atoms with van der Waals surface area (Å²) in [7, 11) is 0. The van der Waals surface area contributed by atoms with Crippen LogP contribution in [0.3, 0.4) is 0 Å². The van der Waals surface area contributed by atoms with Crippen LogP contribution >= 0.6 is 12.2 Å². The normalized spacial score (nSPS) is 18.6. The number of nitrogens with one attached hydrogen (secondary N) is 2. The van der Waals surface area contributed by atoms with E-state index in [9.17, 15) is 9.90 Å². The van der Waals surface area contributed by atoms with Crippen LogP contribution in [0.4, 0.5) is 0 Å². The number of benzene rings is 1. The molecule has 0 saturated heterocycles. The fraction of sp³-hybridized carbons (Fsp3) is 0.214. The van der Waals surface area contributed by atoms with Gasteiger partial charge in [-0.05, 0) is 31.1 Å².